The maximum atomic E-state index is 6.64. The van der Waals surface area contributed by atoms with Gasteiger partial charge in [-0.05, 0) is 11.6 Å². The molecule has 0 N–H and O–H groups in total. The van der Waals surface area contributed by atoms with Gasteiger partial charge in [0.1, 0.15) is 5.76 Å². The highest BCUT2D eigenvalue weighted by atomic mass is 32.1. The van der Waals surface area contributed by atoms with E-state index in [1.807, 2.05) is 6.07 Å². The topological polar surface area (TPSA) is 13.1 Å². The van der Waals surface area contributed by atoms with Crippen molar-refractivity contribution in [3.8, 4) is 33.1 Å². The molecule has 0 amide bonds. The second-order valence-electron chi connectivity index (χ2n) is 7.34. The van der Waals surface area contributed by atoms with Gasteiger partial charge in [-0.2, -0.15) is 0 Å². The lowest BCUT2D eigenvalue weighted by Crippen LogP contribution is -1.79. The van der Waals surface area contributed by atoms with Crippen LogP contribution in [0, 0.1) is 0 Å². The van der Waals surface area contributed by atoms with Gasteiger partial charge >= 0.3 is 0 Å². The normalized spacial score (nSPS) is 11.3. The summed E-state index contributed by atoms with van der Waals surface area (Å²) in [6, 6.07) is 38.1. The third kappa shape index (κ3) is 2.69. The molecule has 0 unspecified atom stereocenters. The zero-order valence-electron chi connectivity index (χ0n) is 16.2. The van der Waals surface area contributed by atoms with Crippen molar-refractivity contribution in [3.63, 3.8) is 0 Å². The van der Waals surface area contributed by atoms with Crippen molar-refractivity contribution in [2.24, 2.45) is 0 Å². The Morgan fingerprint density at radius 3 is 1.70 bits per heavy atom. The first-order valence-corrected chi connectivity index (χ1v) is 10.9. The molecule has 6 aromatic rings. The van der Waals surface area contributed by atoms with Crippen LogP contribution in [0.5, 0.6) is 0 Å². The minimum atomic E-state index is 0.928. The van der Waals surface area contributed by atoms with Crippen molar-refractivity contribution in [1.82, 2.24) is 0 Å². The van der Waals surface area contributed by atoms with E-state index in [0.717, 1.165) is 27.9 Å². The van der Waals surface area contributed by atoms with Crippen LogP contribution in [0.15, 0.2) is 114 Å². The molecule has 2 aromatic heterocycles. The Morgan fingerprint density at radius 1 is 0.467 bits per heavy atom. The Hall–Kier alpha value is -3.62. The van der Waals surface area contributed by atoms with Crippen LogP contribution in [0.1, 0.15) is 0 Å². The number of hydrogen-bond acceptors (Lipinski definition) is 2. The largest absolute Gasteiger partial charge is 0.454 e. The fraction of sp³-hybridized carbons (Fsp3) is 0. The van der Waals surface area contributed by atoms with Crippen molar-refractivity contribution in [2.45, 2.75) is 0 Å². The summed E-state index contributed by atoms with van der Waals surface area (Å²) in [7, 11) is 0. The summed E-state index contributed by atoms with van der Waals surface area (Å²) < 4.78 is 7.91. The first-order chi connectivity index (χ1) is 14.9. The minimum Gasteiger partial charge on any atom is -0.454 e. The highest BCUT2D eigenvalue weighted by Crippen LogP contribution is 2.49. The average Bonchev–Trinajstić information content (AvgIpc) is 3.39. The minimum absolute atomic E-state index is 0.928. The van der Waals surface area contributed by atoms with E-state index in [1.165, 1.54) is 26.1 Å². The van der Waals surface area contributed by atoms with Gasteiger partial charge in [0.15, 0.2) is 5.76 Å². The quantitative estimate of drug-likeness (QED) is 0.289. The molecular formula is C28H18OS. The smallest absolute Gasteiger partial charge is 0.153 e. The van der Waals surface area contributed by atoms with E-state index in [9.17, 15) is 0 Å². The molecule has 4 aromatic carbocycles. The Kier molecular flexibility index (Phi) is 4.03. The molecule has 6 rings (SSSR count). The van der Waals surface area contributed by atoms with Crippen molar-refractivity contribution in [1.29, 1.82) is 0 Å². The zero-order valence-corrected chi connectivity index (χ0v) is 17.0. The summed E-state index contributed by atoms with van der Waals surface area (Å²) in [5.74, 6) is 1.88. The van der Waals surface area contributed by atoms with Gasteiger partial charge in [0.25, 0.3) is 0 Å². The molecule has 30 heavy (non-hydrogen) atoms. The highest BCUT2D eigenvalue weighted by Gasteiger charge is 2.22. The van der Waals surface area contributed by atoms with Crippen LogP contribution in [-0.2, 0) is 0 Å². The van der Waals surface area contributed by atoms with Crippen molar-refractivity contribution in [3.05, 3.63) is 109 Å². The SMILES string of the molecule is c1ccc(-c2c(-c3oc(-c4ccccc4)c4ccccc34)sc3ccccc23)cc1. The Morgan fingerprint density at radius 2 is 1.00 bits per heavy atom. The lowest BCUT2D eigenvalue weighted by atomic mass is 10.00. The van der Waals surface area contributed by atoms with Crippen LogP contribution in [0.4, 0.5) is 0 Å². The highest BCUT2D eigenvalue weighted by molar-refractivity contribution is 7.23. The number of fused-ring (bicyclic) bond motifs is 2. The summed E-state index contributed by atoms with van der Waals surface area (Å²) in [5.41, 5.74) is 3.56. The summed E-state index contributed by atoms with van der Waals surface area (Å²) in [6.07, 6.45) is 0. The van der Waals surface area contributed by atoms with Crippen LogP contribution >= 0.6 is 11.3 Å². The van der Waals surface area contributed by atoms with Crippen molar-refractivity contribution < 1.29 is 4.42 Å². The fourth-order valence-corrected chi connectivity index (χ4v) is 5.38. The van der Waals surface area contributed by atoms with Crippen molar-refractivity contribution in [2.75, 3.05) is 0 Å². The molecule has 1 nitrogen and oxygen atoms in total. The van der Waals surface area contributed by atoms with Gasteiger partial charge in [0.2, 0.25) is 0 Å². The summed E-state index contributed by atoms with van der Waals surface area (Å²) in [5, 5.41) is 3.57. The van der Waals surface area contributed by atoms with E-state index < -0.39 is 0 Å². The van der Waals surface area contributed by atoms with Gasteiger partial charge in [0, 0.05) is 32.0 Å². The van der Waals surface area contributed by atoms with Crippen LogP contribution in [0.25, 0.3) is 53.9 Å². The van der Waals surface area contributed by atoms with E-state index in [-0.39, 0.29) is 0 Å². The van der Waals surface area contributed by atoms with E-state index in [1.54, 1.807) is 11.3 Å². The van der Waals surface area contributed by atoms with E-state index >= 15 is 0 Å². The lowest BCUT2D eigenvalue weighted by molar-refractivity contribution is 0.603. The Bertz CT molecular complexity index is 1470. The molecule has 142 valence electrons. The molecule has 0 saturated carbocycles. The van der Waals surface area contributed by atoms with Crippen molar-refractivity contribution >= 4 is 32.2 Å². The first kappa shape index (κ1) is 17.3. The van der Waals surface area contributed by atoms with E-state index in [2.05, 4.69) is 103 Å². The van der Waals surface area contributed by atoms with Gasteiger partial charge in [-0.1, -0.05) is 103 Å². The predicted octanol–water partition coefficient (Wildman–Crippen LogP) is 8.65. The Balaban J connectivity index is 1.70. The third-order valence-electron chi connectivity index (χ3n) is 5.52. The maximum Gasteiger partial charge on any atom is 0.153 e. The number of rotatable bonds is 3. The van der Waals surface area contributed by atoms with Crippen LogP contribution in [-0.4, -0.2) is 0 Å². The first-order valence-electron chi connectivity index (χ1n) is 10.0. The molecule has 2 heterocycles. The number of furan rings is 1. The molecule has 0 atom stereocenters. The molecule has 0 aliphatic heterocycles. The van der Waals surface area contributed by atoms with Gasteiger partial charge in [-0.15, -0.1) is 11.3 Å². The van der Waals surface area contributed by atoms with Gasteiger partial charge < -0.3 is 4.42 Å². The summed E-state index contributed by atoms with van der Waals surface area (Å²) >= 11 is 1.80. The Labute approximate surface area is 178 Å². The third-order valence-corrected chi connectivity index (χ3v) is 6.69. The number of benzene rings is 4. The summed E-state index contributed by atoms with van der Waals surface area (Å²) in [4.78, 5) is 1.18. The number of thiophene rings is 1. The molecule has 0 saturated heterocycles. The lowest BCUT2D eigenvalue weighted by Gasteiger charge is -2.04. The molecular weight excluding hydrogens is 384 g/mol. The maximum absolute atomic E-state index is 6.64. The van der Waals surface area contributed by atoms with Crippen LogP contribution < -0.4 is 0 Å². The molecule has 2 heteroatoms. The predicted molar refractivity (Wildman–Crippen MR) is 128 cm³/mol. The van der Waals surface area contributed by atoms with Gasteiger partial charge in [-0.25, -0.2) is 0 Å². The van der Waals surface area contributed by atoms with Crippen LogP contribution in [0.3, 0.4) is 0 Å². The second-order valence-corrected chi connectivity index (χ2v) is 8.39. The molecule has 0 aliphatic carbocycles. The fourth-order valence-electron chi connectivity index (χ4n) is 4.16. The van der Waals surface area contributed by atoms with E-state index in [0.29, 0.717) is 0 Å². The molecule has 0 spiro atoms. The summed E-state index contributed by atoms with van der Waals surface area (Å²) in [6.45, 7) is 0. The standard InChI is InChI=1S/C28H18OS/c1-3-11-19(12-4-1)25-23-17-9-10-18-24(23)30-28(25)27-22-16-8-7-15-21(22)26(29-27)20-13-5-2-6-14-20/h1-18H. The molecule has 0 aliphatic rings. The van der Waals surface area contributed by atoms with Gasteiger partial charge in [-0.3, -0.25) is 0 Å². The molecule has 0 bridgehead atoms. The van der Waals surface area contributed by atoms with Gasteiger partial charge in [0.05, 0.1) is 4.88 Å². The monoisotopic (exact) mass is 402 g/mol. The van der Waals surface area contributed by atoms with E-state index in [4.69, 9.17) is 4.42 Å². The number of hydrogen-bond donors (Lipinski definition) is 0. The molecule has 0 fully saturated rings. The zero-order chi connectivity index (χ0) is 19.9. The molecule has 0 radical (unpaired) electrons. The second kappa shape index (κ2) is 7.01. The average molecular weight is 403 g/mol. The van der Waals surface area contributed by atoms with Crippen LogP contribution in [0.2, 0.25) is 0 Å².